The highest BCUT2D eigenvalue weighted by Gasteiger charge is 2.42. The van der Waals surface area contributed by atoms with E-state index < -0.39 is 6.17 Å². The lowest BCUT2D eigenvalue weighted by Gasteiger charge is -2.33. The molecule has 2 unspecified atom stereocenters. The van der Waals surface area contributed by atoms with Gasteiger partial charge in [0.05, 0.1) is 11.4 Å². The van der Waals surface area contributed by atoms with Crippen molar-refractivity contribution < 1.29 is 4.39 Å². The van der Waals surface area contributed by atoms with E-state index in [-0.39, 0.29) is 6.04 Å². The largest absolute Gasteiger partial charge is 0.327 e. The van der Waals surface area contributed by atoms with Crippen molar-refractivity contribution in [1.82, 2.24) is 9.88 Å². The van der Waals surface area contributed by atoms with Gasteiger partial charge in [-0.05, 0) is 99.6 Å². The first-order valence-electron chi connectivity index (χ1n) is 16.5. The molecule has 0 bridgehead atoms. The molecule has 1 saturated heterocycles. The van der Waals surface area contributed by atoms with Crippen LogP contribution in [0.25, 0.3) is 0 Å². The first kappa shape index (κ1) is 33.3. The number of alkyl halides is 1. The predicted octanol–water partition coefficient (Wildman–Crippen LogP) is 10.9. The average molecular weight is 645 g/mol. The lowest BCUT2D eigenvalue weighted by atomic mass is 9.84. The van der Waals surface area contributed by atoms with E-state index in [0.29, 0.717) is 22.6 Å². The van der Waals surface area contributed by atoms with E-state index in [2.05, 4.69) is 43.2 Å². The number of allylic oxidation sites excluding steroid dienone is 6. The van der Waals surface area contributed by atoms with Gasteiger partial charge in [-0.3, -0.25) is 4.99 Å². The second kappa shape index (κ2) is 15.5. The number of hydrogen-bond donors (Lipinski definition) is 0. The molecule has 0 radical (unpaired) electrons. The van der Waals surface area contributed by atoms with Crippen LogP contribution in [0, 0.1) is 18.8 Å². The summed E-state index contributed by atoms with van der Waals surface area (Å²) in [5, 5.41) is 3.58. The summed E-state index contributed by atoms with van der Waals surface area (Å²) in [6.07, 6.45) is 18.7. The standard InChI is InChI=1S/C38H46ClFN4S/c1-6-8-9-12-25(3)13-10-11-14-28(7-2)29-23-34-35(33-18-16-30(42-33)22-27(5)40)36(31-17-15-26(4)21-32(31)39)43-37(44(34)24-29)38-41-19-20-45-38/h7,15-22,27-29,36H,2-3,6,8-14,23-24H2,1,4-5H3/b30-22-/t27?,28?,29-,36-/m0/s1. The Morgan fingerprint density at radius 3 is 2.69 bits per heavy atom. The Hall–Kier alpha value is -3.09. The minimum absolute atomic E-state index is 0.353. The fourth-order valence-electron chi connectivity index (χ4n) is 6.72. The van der Waals surface area contributed by atoms with Crippen molar-refractivity contribution in [1.29, 1.82) is 0 Å². The maximum Gasteiger partial charge on any atom is 0.165 e. The molecule has 1 aromatic carbocycles. The first-order valence-corrected chi connectivity index (χ1v) is 17.7. The monoisotopic (exact) mass is 644 g/mol. The summed E-state index contributed by atoms with van der Waals surface area (Å²) >= 11 is 8.52. The number of hydrogen-bond acceptors (Lipinski definition) is 5. The fraction of sp³-hybridized carbons (Fsp3) is 0.447. The Kier molecular flexibility index (Phi) is 11.4. The van der Waals surface area contributed by atoms with Gasteiger partial charge in [-0.15, -0.1) is 17.9 Å². The van der Waals surface area contributed by atoms with Crippen molar-refractivity contribution in [2.24, 2.45) is 21.8 Å². The first-order chi connectivity index (χ1) is 21.8. The molecule has 0 N–H and O–H groups in total. The number of benzene rings is 1. The van der Waals surface area contributed by atoms with E-state index in [9.17, 15) is 4.39 Å². The number of thiazole rings is 1. The zero-order chi connectivity index (χ0) is 31.9. The Morgan fingerprint density at radius 2 is 2.00 bits per heavy atom. The van der Waals surface area contributed by atoms with Crippen LogP contribution < -0.4 is 0 Å². The molecule has 1 fully saturated rings. The van der Waals surface area contributed by atoms with Gasteiger partial charge >= 0.3 is 0 Å². The van der Waals surface area contributed by atoms with E-state index in [1.807, 2.05) is 36.7 Å². The number of aromatic nitrogens is 1. The average Bonchev–Trinajstić information content (AvgIpc) is 3.78. The van der Waals surface area contributed by atoms with Crippen LogP contribution in [-0.4, -0.2) is 34.1 Å². The molecule has 0 saturated carbocycles. The smallest absolute Gasteiger partial charge is 0.165 e. The molecule has 0 aliphatic carbocycles. The third-order valence-electron chi connectivity index (χ3n) is 9.06. The lowest BCUT2D eigenvalue weighted by Crippen LogP contribution is -2.35. The summed E-state index contributed by atoms with van der Waals surface area (Å²) in [6, 6.07) is 5.81. The molecule has 0 amide bonds. The number of fused-ring (bicyclic) bond motifs is 1. The van der Waals surface area contributed by atoms with Crippen LogP contribution in [0.1, 0.15) is 93.8 Å². The highest BCUT2D eigenvalue weighted by molar-refractivity contribution is 7.11. The zero-order valence-electron chi connectivity index (χ0n) is 26.9. The van der Waals surface area contributed by atoms with Gasteiger partial charge in [0.25, 0.3) is 0 Å². The van der Waals surface area contributed by atoms with Crippen LogP contribution in [0.5, 0.6) is 0 Å². The highest BCUT2D eigenvalue weighted by atomic mass is 35.5. The Labute approximate surface area is 277 Å². The summed E-state index contributed by atoms with van der Waals surface area (Å²) in [7, 11) is 0. The van der Waals surface area contributed by atoms with Gasteiger partial charge in [0.2, 0.25) is 0 Å². The molecule has 3 aliphatic heterocycles. The molecule has 4 heterocycles. The van der Waals surface area contributed by atoms with Gasteiger partial charge < -0.3 is 4.90 Å². The van der Waals surface area contributed by atoms with Crippen LogP contribution in [0.2, 0.25) is 5.02 Å². The zero-order valence-corrected chi connectivity index (χ0v) is 28.5. The third-order valence-corrected chi connectivity index (χ3v) is 10.2. The van der Waals surface area contributed by atoms with Crippen LogP contribution in [0.3, 0.4) is 0 Å². The minimum Gasteiger partial charge on any atom is -0.327 e. The minimum atomic E-state index is -1.08. The van der Waals surface area contributed by atoms with E-state index >= 15 is 0 Å². The molecule has 0 spiro atoms. The normalized spacial score (nSPS) is 21.6. The third kappa shape index (κ3) is 8.01. The van der Waals surface area contributed by atoms with Crippen LogP contribution in [0.4, 0.5) is 4.39 Å². The topological polar surface area (TPSA) is 40.9 Å². The maximum atomic E-state index is 13.9. The number of halogens is 2. The molecule has 4 nitrogen and oxygen atoms in total. The second-order valence-electron chi connectivity index (χ2n) is 12.6. The Morgan fingerprint density at radius 1 is 1.20 bits per heavy atom. The van der Waals surface area contributed by atoms with Crippen LogP contribution in [-0.2, 0) is 0 Å². The molecule has 2 aromatic rings. The van der Waals surface area contributed by atoms with Crippen molar-refractivity contribution in [2.75, 3.05) is 6.54 Å². The summed E-state index contributed by atoms with van der Waals surface area (Å²) in [4.78, 5) is 17.3. The lowest BCUT2D eigenvalue weighted by molar-refractivity contribution is 0.368. The number of aliphatic imine (C=N–C) groups is 2. The predicted molar refractivity (Wildman–Crippen MR) is 190 cm³/mol. The van der Waals surface area contributed by atoms with Crippen molar-refractivity contribution in [3.63, 3.8) is 0 Å². The number of rotatable bonds is 15. The summed E-state index contributed by atoms with van der Waals surface area (Å²) in [6.45, 7) is 15.3. The maximum absolute atomic E-state index is 13.9. The molecule has 1 aromatic heterocycles. The number of amidine groups is 1. The molecule has 45 heavy (non-hydrogen) atoms. The molecule has 5 rings (SSSR count). The SMILES string of the molecule is C=CC(CCCCC(=C)CCCCC)[C@H]1CC2=C(C3=N/C(=C\C(C)F)C=C3)[C@H](c3ccc(C)cc3Cl)N=C(c3nccs3)N2C1. The van der Waals surface area contributed by atoms with Crippen LogP contribution in [0.15, 0.2) is 99.8 Å². The van der Waals surface area contributed by atoms with E-state index in [1.165, 1.54) is 43.9 Å². The second-order valence-corrected chi connectivity index (χ2v) is 13.9. The highest BCUT2D eigenvalue weighted by Crippen LogP contribution is 2.46. The van der Waals surface area contributed by atoms with Crippen molar-refractivity contribution in [2.45, 2.75) is 90.8 Å². The molecular weight excluding hydrogens is 599 g/mol. The Balaban J connectivity index is 1.47. The summed E-state index contributed by atoms with van der Waals surface area (Å²) < 4.78 is 13.9. The molecular formula is C38H46ClFN4S. The van der Waals surface area contributed by atoms with Crippen LogP contribution >= 0.6 is 22.9 Å². The summed E-state index contributed by atoms with van der Waals surface area (Å²) in [5.74, 6) is 1.64. The van der Waals surface area contributed by atoms with Gasteiger partial charge in [0.1, 0.15) is 12.2 Å². The number of unbranched alkanes of at least 4 members (excludes halogenated alkanes) is 3. The number of nitrogens with zero attached hydrogens (tertiary/aromatic N) is 4. The van der Waals surface area contributed by atoms with Crippen molar-refractivity contribution >= 4 is 34.5 Å². The van der Waals surface area contributed by atoms with E-state index in [1.54, 1.807) is 17.4 Å². The van der Waals surface area contributed by atoms with Gasteiger partial charge in [-0.1, -0.05) is 68.1 Å². The summed E-state index contributed by atoms with van der Waals surface area (Å²) in [5.41, 5.74) is 7.13. The van der Waals surface area contributed by atoms with Crippen molar-refractivity contribution in [3.05, 3.63) is 111 Å². The Bertz CT molecular complexity index is 1530. The molecule has 7 heteroatoms. The fourth-order valence-corrected chi connectivity index (χ4v) is 7.70. The quantitative estimate of drug-likeness (QED) is 0.143. The molecule has 238 valence electrons. The van der Waals surface area contributed by atoms with Gasteiger partial charge in [0.15, 0.2) is 10.8 Å². The van der Waals surface area contributed by atoms with Crippen molar-refractivity contribution in [3.8, 4) is 0 Å². The van der Waals surface area contributed by atoms with Gasteiger partial charge in [0, 0.05) is 34.4 Å². The molecule has 4 atom stereocenters. The molecule has 3 aliphatic rings. The van der Waals surface area contributed by atoms with Gasteiger partial charge in [-0.25, -0.2) is 14.4 Å². The van der Waals surface area contributed by atoms with Gasteiger partial charge in [-0.2, -0.15) is 0 Å². The van der Waals surface area contributed by atoms with E-state index in [4.69, 9.17) is 26.6 Å². The van der Waals surface area contributed by atoms with E-state index in [0.717, 1.165) is 71.9 Å². The number of aryl methyl sites for hydroxylation is 1.